The molecular formula is C16H19N3O3S. The Hall–Kier alpha value is -2.15. The molecule has 6 nitrogen and oxygen atoms in total. The molecule has 0 aliphatic carbocycles. The number of piperidine rings is 1. The third-order valence-corrected chi connectivity index (χ3v) is 5.29. The van der Waals surface area contributed by atoms with Crippen molar-refractivity contribution < 1.29 is 13.2 Å². The minimum absolute atomic E-state index is 0.0603. The van der Waals surface area contributed by atoms with Gasteiger partial charge in [0.1, 0.15) is 0 Å². The minimum atomic E-state index is -3.24. The third-order valence-electron chi connectivity index (χ3n) is 4.16. The van der Waals surface area contributed by atoms with Crippen molar-refractivity contribution in [1.29, 1.82) is 0 Å². The van der Waals surface area contributed by atoms with Gasteiger partial charge in [-0.1, -0.05) is 0 Å². The molecule has 7 heteroatoms. The summed E-state index contributed by atoms with van der Waals surface area (Å²) in [6.07, 6.45) is 8.55. The van der Waals surface area contributed by atoms with Gasteiger partial charge in [-0.3, -0.25) is 4.79 Å². The molecule has 0 radical (unpaired) electrons. The first-order valence-electron chi connectivity index (χ1n) is 7.52. The van der Waals surface area contributed by atoms with Crippen molar-refractivity contribution in [3.8, 4) is 0 Å². The number of rotatable bonds is 3. The second-order valence-electron chi connectivity index (χ2n) is 5.85. The second-order valence-corrected chi connectivity index (χ2v) is 7.87. The van der Waals surface area contributed by atoms with E-state index in [1.54, 1.807) is 24.7 Å². The first-order valence-corrected chi connectivity index (χ1v) is 9.41. The molecule has 1 aromatic carbocycles. The Morgan fingerprint density at radius 1 is 1.26 bits per heavy atom. The van der Waals surface area contributed by atoms with E-state index in [-0.39, 0.29) is 16.8 Å². The maximum Gasteiger partial charge on any atom is 0.253 e. The number of imidazole rings is 1. The molecule has 122 valence electrons. The molecule has 1 atom stereocenters. The molecule has 1 fully saturated rings. The lowest BCUT2D eigenvalue weighted by Gasteiger charge is -2.33. The Bertz CT molecular complexity index is 782. The number of carbonyl (C=O) groups is 1. The van der Waals surface area contributed by atoms with E-state index in [1.807, 2.05) is 15.7 Å². The van der Waals surface area contributed by atoms with Gasteiger partial charge in [0.15, 0.2) is 9.84 Å². The fourth-order valence-electron chi connectivity index (χ4n) is 2.90. The molecule has 3 rings (SSSR count). The van der Waals surface area contributed by atoms with Crippen LogP contribution in [0.4, 0.5) is 0 Å². The maximum absolute atomic E-state index is 12.6. The van der Waals surface area contributed by atoms with E-state index in [9.17, 15) is 13.2 Å². The van der Waals surface area contributed by atoms with Gasteiger partial charge in [-0.15, -0.1) is 0 Å². The molecule has 1 aliphatic rings. The predicted molar refractivity (Wildman–Crippen MR) is 86.0 cm³/mol. The average molecular weight is 333 g/mol. The van der Waals surface area contributed by atoms with E-state index in [1.165, 1.54) is 12.1 Å². The summed E-state index contributed by atoms with van der Waals surface area (Å²) in [5.41, 5.74) is 0.517. The van der Waals surface area contributed by atoms with E-state index in [4.69, 9.17) is 0 Å². The van der Waals surface area contributed by atoms with E-state index in [2.05, 4.69) is 4.98 Å². The fourth-order valence-corrected chi connectivity index (χ4v) is 3.53. The number of aromatic nitrogens is 2. The summed E-state index contributed by atoms with van der Waals surface area (Å²) >= 11 is 0. The molecular weight excluding hydrogens is 314 g/mol. The van der Waals surface area contributed by atoms with Crippen molar-refractivity contribution in [3.05, 3.63) is 48.5 Å². The van der Waals surface area contributed by atoms with Gasteiger partial charge >= 0.3 is 0 Å². The summed E-state index contributed by atoms with van der Waals surface area (Å²) in [5, 5.41) is 0. The topological polar surface area (TPSA) is 72.3 Å². The number of amides is 1. The molecule has 0 N–H and O–H groups in total. The van der Waals surface area contributed by atoms with E-state index in [0.29, 0.717) is 12.1 Å². The monoisotopic (exact) mass is 333 g/mol. The quantitative estimate of drug-likeness (QED) is 0.858. The van der Waals surface area contributed by atoms with Crippen LogP contribution in [0.2, 0.25) is 0 Å². The van der Waals surface area contributed by atoms with Crippen LogP contribution in [-0.2, 0) is 9.84 Å². The number of hydrogen-bond donors (Lipinski definition) is 0. The summed E-state index contributed by atoms with van der Waals surface area (Å²) in [5.74, 6) is -0.0603. The highest BCUT2D eigenvalue weighted by Crippen LogP contribution is 2.23. The summed E-state index contributed by atoms with van der Waals surface area (Å²) in [6.45, 7) is 1.36. The minimum Gasteiger partial charge on any atom is -0.337 e. The van der Waals surface area contributed by atoms with Crippen LogP contribution in [0.3, 0.4) is 0 Å². The van der Waals surface area contributed by atoms with Crippen LogP contribution in [0.25, 0.3) is 0 Å². The Morgan fingerprint density at radius 3 is 2.61 bits per heavy atom. The molecule has 1 aliphatic heterocycles. The Morgan fingerprint density at radius 2 is 2.00 bits per heavy atom. The van der Waals surface area contributed by atoms with Gasteiger partial charge < -0.3 is 9.47 Å². The predicted octanol–water partition coefficient (Wildman–Crippen LogP) is 1.76. The first kappa shape index (κ1) is 15.7. The largest absolute Gasteiger partial charge is 0.337 e. The molecule has 0 bridgehead atoms. The SMILES string of the molecule is CS(=O)(=O)c1ccc(C(=O)N2CCC[C@H](n3ccnc3)C2)cc1. The standard InChI is InChI=1S/C16H19N3O3S/c1-23(21,22)15-6-4-13(5-7-15)16(20)18-9-2-3-14(11-18)19-10-8-17-12-19/h4-8,10,12,14H,2-3,9,11H2,1H3/t14-/m0/s1. The lowest BCUT2D eigenvalue weighted by atomic mass is 10.0. The zero-order chi connectivity index (χ0) is 16.4. The number of nitrogens with zero attached hydrogens (tertiary/aromatic N) is 3. The van der Waals surface area contributed by atoms with Crippen molar-refractivity contribution in [2.45, 2.75) is 23.8 Å². The van der Waals surface area contributed by atoms with Gasteiger partial charge in [-0.25, -0.2) is 13.4 Å². The summed E-state index contributed by atoms with van der Waals surface area (Å²) < 4.78 is 25.0. The first-order chi connectivity index (χ1) is 10.9. The van der Waals surface area contributed by atoms with Gasteiger partial charge in [0.2, 0.25) is 0 Å². The fraction of sp³-hybridized carbons (Fsp3) is 0.375. The number of hydrogen-bond acceptors (Lipinski definition) is 4. The molecule has 1 amide bonds. The number of sulfone groups is 1. The lowest BCUT2D eigenvalue weighted by Crippen LogP contribution is -2.40. The van der Waals surface area contributed by atoms with Crippen LogP contribution < -0.4 is 0 Å². The summed E-state index contributed by atoms with van der Waals surface area (Å²) in [7, 11) is -3.24. The van der Waals surface area contributed by atoms with Gasteiger partial charge in [0.25, 0.3) is 5.91 Å². The van der Waals surface area contributed by atoms with Crippen molar-refractivity contribution in [3.63, 3.8) is 0 Å². The molecule has 2 heterocycles. The van der Waals surface area contributed by atoms with Crippen LogP contribution in [-0.4, -0.2) is 48.1 Å². The van der Waals surface area contributed by atoms with Crippen molar-refractivity contribution in [2.24, 2.45) is 0 Å². The van der Waals surface area contributed by atoms with E-state index < -0.39 is 9.84 Å². The maximum atomic E-state index is 12.6. The van der Waals surface area contributed by atoms with Gasteiger partial charge in [-0.05, 0) is 37.1 Å². The van der Waals surface area contributed by atoms with E-state index >= 15 is 0 Å². The Balaban J connectivity index is 1.75. The van der Waals surface area contributed by atoms with Crippen molar-refractivity contribution >= 4 is 15.7 Å². The van der Waals surface area contributed by atoms with Crippen molar-refractivity contribution in [1.82, 2.24) is 14.5 Å². The zero-order valence-corrected chi connectivity index (χ0v) is 13.7. The number of benzene rings is 1. The van der Waals surface area contributed by atoms with Gasteiger partial charge in [0.05, 0.1) is 17.3 Å². The highest BCUT2D eigenvalue weighted by atomic mass is 32.2. The number of likely N-dealkylation sites (tertiary alicyclic amines) is 1. The van der Waals surface area contributed by atoms with E-state index in [0.717, 1.165) is 25.6 Å². The second kappa shape index (κ2) is 6.16. The molecule has 1 saturated heterocycles. The van der Waals surface area contributed by atoms with Crippen LogP contribution in [0, 0.1) is 0 Å². The molecule has 0 spiro atoms. The molecule has 23 heavy (non-hydrogen) atoms. The van der Waals surface area contributed by atoms with Crippen LogP contribution >= 0.6 is 0 Å². The van der Waals surface area contributed by atoms with Crippen LogP contribution in [0.1, 0.15) is 29.2 Å². The zero-order valence-electron chi connectivity index (χ0n) is 12.9. The van der Waals surface area contributed by atoms with Crippen LogP contribution in [0.5, 0.6) is 0 Å². The summed E-state index contributed by atoms with van der Waals surface area (Å²) in [4.78, 5) is 18.7. The highest BCUT2D eigenvalue weighted by Gasteiger charge is 2.25. The van der Waals surface area contributed by atoms with Crippen molar-refractivity contribution in [2.75, 3.05) is 19.3 Å². The number of carbonyl (C=O) groups excluding carboxylic acids is 1. The molecule has 0 unspecified atom stereocenters. The normalized spacial score (nSPS) is 18.8. The molecule has 2 aromatic rings. The molecule has 0 saturated carbocycles. The lowest BCUT2D eigenvalue weighted by molar-refractivity contribution is 0.0679. The molecule has 1 aromatic heterocycles. The van der Waals surface area contributed by atoms with Gasteiger partial charge in [0, 0.05) is 37.3 Å². The highest BCUT2D eigenvalue weighted by molar-refractivity contribution is 7.90. The Kier molecular flexibility index (Phi) is 4.21. The smallest absolute Gasteiger partial charge is 0.253 e. The third kappa shape index (κ3) is 3.44. The van der Waals surface area contributed by atoms with Gasteiger partial charge in [-0.2, -0.15) is 0 Å². The van der Waals surface area contributed by atoms with Crippen LogP contribution in [0.15, 0.2) is 47.9 Å². The Labute approximate surface area is 135 Å². The average Bonchev–Trinajstić information content (AvgIpc) is 3.08. The summed E-state index contributed by atoms with van der Waals surface area (Å²) in [6, 6.07) is 6.38.